The number of hydrogen-bond donors (Lipinski definition) is 1. The summed E-state index contributed by atoms with van der Waals surface area (Å²) in [6.07, 6.45) is 4.87. The van der Waals surface area contributed by atoms with Gasteiger partial charge in [-0.3, -0.25) is 0 Å². The highest BCUT2D eigenvalue weighted by Crippen LogP contribution is 2.21. The van der Waals surface area contributed by atoms with E-state index in [2.05, 4.69) is 60.1 Å². The highest BCUT2D eigenvalue weighted by Gasteiger charge is 2.08. The molecule has 0 aliphatic carbocycles. The number of nitrogens with one attached hydrogen (secondary N) is 1. The van der Waals surface area contributed by atoms with Gasteiger partial charge in [-0.05, 0) is 49.2 Å². The first kappa shape index (κ1) is 14.3. The Bertz CT molecular complexity index is 436. The van der Waals surface area contributed by atoms with Crippen LogP contribution in [0.2, 0.25) is 0 Å². The van der Waals surface area contributed by atoms with Crippen LogP contribution in [0.25, 0.3) is 0 Å². The number of benzene rings is 1. The fourth-order valence-corrected chi connectivity index (χ4v) is 3.20. The van der Waals surface area contributed by atoms with E-state index in [0.717, 1.165) is 6.54 Å². The maximum Gasteiger partial charge on any atom is 0.0412 e. The van der Waals surface area contributed by atoms with Crippen LogP contribution in [0, 0.1) is 0 Å². The fourth-order valence-electron chi connectivity index (χ4n) is 2.31. The van der Waals surface area contributed by atoms with Gasteiger partial charge in [-0.2, -0.15) is 0 Å². The lowest BCUT2D eigenvalue weighted by molar-refractivity contribution is 0.509. The van der Waals surface area contributed by atoms with Crippen molar-refractivity contribution < 1.29 is 0 Å². The van der Waals surface area contributed by atoms with E-state index in [1.165, 1.54) is 36.1 Å². The molecule has 102 valence electrons. The standard InChI is InChI=1S/C17H23NS/c1-2-16(17-12-8-14-19-17)18-13-7-6-11-15-9-4-3-5-10-15/h3-5,8-10,12,14,16,18H,2,6-7,11,13H2,1H3. The molecule has 0 bridgehead atoms. The van der Waals surface area contributed by atoms with Gasteiger partial charge in [0.15, 0.2) is 0 Å². The van der Waals surface area contributed by atoms with E-state index in [4.69, 9.17) is 0 Å². The molecule has 1 heterocycles. The van der Waals surface area contributed by atoms with Crippen molar-refractivity contribution in [2.24, 2.45) is 0 Å². The average Bonchev–Trinajstić information content (AvgIpc) is 2.98. The lowest BCUT2D eigenvalue weighted by Gasteiger charge is -2.15. The van der Waals surface area contributed by atoms with Gasteiger partial charge in [-0.25, -0.2) is 0 Å². The second-order valence-corrected chi connectivity index (χ2v) is 5.85. The predicted octanol–water partition coefficient (Wildman–Crippen LogP) is 4.81. The first-order valence-electron chi connectivity index (χ1n) is 7.21. The Morgan fingerprint density at radius 2 is 1.89 bits per heavy atom. The predicted molar refractivity (Wildman–Crippen MR) is 84.7 cm³/mol. The summed E-state index contributed by atoms with van der Waals surface area (Å²) in [6, 6.07) is 15.7. The molecule has 2 aromatic rings. The van der Waals surface area contributed by atoms with Crippen LogP contribution >= 0.6 is 11.3 Å². The minimum Gasteiger partial charge on any atom is -0.309 e. The van der Waals surface area contributed by atoms with Gasteiger partial charge in [0.25, 0.3) is 0 Å². The lowest BCUT2D eigenvalue weighted by Crippen LogP contribution is -2.21. The van der Waals surface area contributed by atoms with Crippen molar-refractivity contribution in [1.29, 1.82) is 0 Å². The summed E-state index contributed by atoms with van der Waals surface area (Å²) < 4.78 is 0. The molecule has 19 heavy (non-hydrogen) atoms. The van der Waals surface area contributed by atoms with Crippen molar-refractivity contribution in [3.8, 4) is 0 Å². The number of hydrogen-bond acceptors (Lipinski definition) is 2. The Kier molecular flexibility index (Phi) is 6.12. The first-order valence-corrected chi connectivity index (χ1v) is 8.09. The molecule has 0 spiro atoms. The van der Waals surface area contributed by atoms with Crippen molar-refractivity contribution >= 4 is 11.3 Å². The number of thiophene rings is 1. The molecule has 0 amide bonds. The van der Waals surface area contributed by atoms with E-state index in [-0.39, 0.29) is 0 Å². The summed E-state index contributed by atoms with van der Waals surface area (Å²) in [5.74, 6) is 0. The molecule has 0 saturated carbocycles. The van der Waals surface area contributed by atoms with Crippen molar-refractivity contribution in [1.82, 2.24) is 5.32 Å². The van der Waals surface area contributed by atoms with Crippen LogP contribution in [0.3, 0.4) is 0 Å². The van der Waals surface area contributed by atoms with Gasteiger partial charge >= 0.3 is 0 Å². The second kappa shape index (κ2) is 8.13. The smallest absolute Gasteiger partial charge is 0.0412 e. The largest absolute Gasteiger partial charge is 0.309 e. The van der Waals surface area contributed by atoms with Gasteiger partial charge in [0.1, 0.15) is 0 Å². The van der Waals surface area contributed by atoms with Crippen LogP contribution in [0.4, 0.5) is 0 Å². The molecule has 0 aliphatic heterocycles. The zero-order chi connectivity index (χ0) is 13.3. The highest BCUT2D eigenvalue weighted by molar-refractivity contribution is 7.10. The van der Waals surface area contributed by atoms with Crippen molar-refractivity contribution in [2.75, 3.05) is 6.54 Å². The minimum absolute atomic E-state index is 0.539. The van der Waals surface area contributed by atoms with E-state index >= 15 is 0 Å². The molecular weight excluding hydrogens is 250 g/mol. The van der Waals surface area contributed by atoms with E-state index in [1.807, 2.05) is 11.3 Å². The number of rotatable bonds is 8. The quantitative estimate of drug-likeness (QED) is 0.680. The van der Waals surface area contributed by atoms with Crippen LogP contribution in [0.5, 0.6) is 0 Å². The topological polar surface area (TPSA) is 12.0 Å². The van der Waals surface area contributed by atoms with E-state index in [0.29, 0.717) is 6.04 Å². The molecule has 1 aromatic carbocycles. The van der Waals surface area contributed by atoms with Gasteiger partial charge in [-0.1, -0.05) is 43.3 Å². The molecule has 0 radical (unpaired) electrons. The van der Waals surface area contributed by atoms with Gasteiger partial charge in [0.2, 0.25) is 0 Å². The molecule has 0 fully saturated rings. The Morgan fingerprint density at radius 1 is 1.05 bits per heavy atom. The Labute approximate surface area is 120 Å². The molecule has 2 heteroatoms. The summed E-state index contributed by atoms with van der Waals surface area (Å²) in [4.78, 5) is 1.46. The van der Waals surface area contributed by atoms with Crippen LogP contribution in [0.1, 0.15) is 42.7 Å². The number of unbranched alkanes of at least 4 members (excludes halogenated alkanes) is 1. The minimum atomic E-state index is 0.539. The third kappa shape index (κ3) is 4.81. The molecular formula is C17H23NS. The Morgan fingerprint density at radius 3 is 2.58 bits per heavy atom. The maximum atomic E-state index is 3.67. The highest BCUT2D eigenvalue weighted by atomic mass is 32.1. The van der Waals surface area contributed by atoms with Gasteiger partial charge in [-0.15, -0.1) is 11.3 Å². The zero-order valence-corrected chi connectivity index (χ0v) is 12.5. The Hall–Kier alpha value is -1.12. The molecule has 1 unspecified atom stereocenters. The van der Waals surface area contributed by atoms with E-state index < -0.39 is 0 Å². The van der Waals surface area contributed by atoms with Crippen molar-refractivity contribution in [3.05, 3.63) is 58.3 Å². The van der Waals surface area contributed by atoms with Crippen LogP contribution in [0.15, 0.2) is 47.8 Å². The Balaban J connectivity index is 1.64. The summed E-state index contributed by atoms with van der Waals surface area (Å²) in [7, 11) is 0. The molecule has 1 aromatic heterocycles. The summed E-state index contributed by atoms with van der Waals surface area (Å²) in [5, 5.41) is 5.83. The third-order valence-corrected chi connectivity index (χ3v) is 4.41. The van der Waals surface area contributed by atoms with E-state index in [1.54, 1.807) is 0 Å². The molecule has 0 saturated heterocycles. The summed E-state index contributed by atoms with van der Waals surface area (Å²) in [5.41, 5.74) is 1.45. The SMILES string of the molecule is CCC(NCCCCc1ccccc1)c1cccs1. The molecule has 0 aliphatic rings. The van der Waals surface area contributed by atoms with Gasteiger partial charge < -0.3 is 5.32 Å². The fraction of sp³-hybridized carbons (Fsp3) is 0.412. The van der Waals surface area contributed by atoms with Gasteiger partial charge in [0, 0.05) is 10.9 Å². The van der Waals surface area contributed by atoms with Gasteiger partial charge in [0.05, 0.1) is 0 Å². The lowest BCUT2D eigenvalue weighted by atomic mass is 10.1. The van der Waals surface area contributed by atoms with E-state index in [9.17, 15) is 0 Å². The second-order valence-electron chi connectivity index (χ2n) is 4.87. The van der Waals surface area contributed by atoms with Crippen LogP contribution in [-0.4, -0.2) is 6.54 Å². The van der Waals surface area contributed by atoms with Crippen LogP contribution in [-0.2, 0) is 6.42 Å². The average molecular weight is 273 g/mol. The monoisotopic (exact) mass is 273 g/mol. The van der Waals surface area contributed by atoms with Crippen LogP contribution < -0.4 is 5.32 Å². The number of aryl methyl sites for hydroxylation is 1. The van der Waals surface area contributed by atoms with Crippen molar-refractivity contribution in [2.45, 2.75) is 38.6 Å². The summed E-state index contributed by atoms with van der Waals surface area (Å²) >= 11 is 1.85. The third-order valence-electron chi connectivity index (χ3n) is 3.42. The summed E-state index contributed by atoms with van der Waals surface area (Å²) in [6.45, 7) is 3.37. The first-order chi connectivity index (χ1) is 9.40. The molecule has 1 N–H and O–H groups in total. The molecule has 1 nitrogen and oxygen atoms in total. The zero-order valence-electron chi connectivity index (χ0n) is 11.6. The van der Waals surface area contributed by atoms with Crippen molar-refractivity contribution in [3.63, 3.8) is 0 Å². The molecule has 2 rings (SSSR count). The normalized spacial score (nSPS) is 12.5. The molecule has 1 atom stereocenters. The maximum absolute atomic E-state index is 3.67.